The van der Waals surface area contributed by atoms with Crippen molar-refractivity contribution in [1.82, 2.24) is 0 Å². The van der Waals surface area contributed by atoms with E-state index in [0.29, 0.717) is 11.6 Å². The topological polar surface area (TPSA) is 80.5 Å². The number of para-hydroxylation sites is 1. The summed E-state index contributed by atoms with van der Waals surface area (Å²) in [5.74, 6) is -0.105. The number of benzene rings is 1. The van der Waals surface area contributed by atoms with Crippen molar-refractivity contribution in [3.63, 3.8) is 0 Å². The molecule has 1 amide bonds. The van der Waals surface area contributed by atoms with Gasteiger partial charge in [0.1, 0.15) is 4.21 Å². The van der Waals surface area contributed by atoms with Crippen molar-refractivity contribution in [2.24, 2.45) is 11.7 Å². The summed E-state index contributed by atoms with van der Waals surface area (Å²) >= 11 is 1.18. The average molecular weight is 393 g/mol. The van der Waals surface area contributed by atoms with E-state index in [4.69, 9.17) is 5.73 Å². The van der Waals surface area contributed by atoms with E-state index in [-0.39, 0.29) is 15.8 Å². The number of hydrogen-bond donors (Lipinski definition) is 1. The van der Waals surface area contributed by atoms with E-state index in [9.17, 15) is 13.2 Å². The van der Waals surface area contributed by atoms with Crippen LogP contribution in [-0.2, 0) is 10.0 Å². The Morgan fingerprint density at radius 2 is 1.92 bits per heavy atom. The summed E-state index contributed by atoms with van der Waals surface area (Å²) in [6.45, 7) is 1.92. The average Bonchev–Trinajstić information content (AvgIpc) is 3.29. The zero-order valence-corrected chi connectivity index (χ0v) is 16.4. The van der Waals surface area contributed by atoms with E-state index >= 15 is 0 Å². The summed E-state index contributed by atoms with van der Waals surface area (Å²) in [4.78, 5) is 11.9. The quantitative estimate of drug-likeness (QED) is 0.773. The number of amides is 1. The highest BCUT2D eigenvalue weighted by atomic mass is 32.2. The highest BCUT2D eigenvalue weighted by Gasteiger charge is 2.34. The first-order valence-electron chi connectivity index (χ1n) is 8.88. The van der Waals surface area contributed by atoms with Crippen molar-refractivity contribution in [3.8, 4) is 0 Å². The predicted molar refractivity (Wildman–Crippen MR) is 105 cm³/mol. The van der Waals surface area contributed by atoms with Gasteiger partial charge in [0.15, 0.2) is 0 Å². The van der Waals surface area contributed by atoms with Crippen LogP contribution >= 0.6 is 11.3 Å². The van der Waals surface area contributed by atoms with E-state index in [2.05, 4.69) is 0 Å². The molecule has 1 fully saturated rings. The van der Waals surface area contributed by atoms with Crippen LogP contribution in [0.5, 0.6) is 0 Å². The van der Waals surface area contributed by atoms with Crippen molar-refractivity contribution in [2.45, 2.75) is 49.3 Å². The summed E-state index contributed by atoms with van der Waals surface area (Å²) in [6.07, 6.45) is 5.45. The van der Waals surface area contributed by atoms with E-state index in [1.165, 1.54) is 28.5 Å². The molecule has 1 aliphatic rings. The summed E-state index contributed by atoms with van der Waals surface area (Å²) in [6, 6.07) is 9.74. The standard InChI is InChI=1S/C19H24N2O3S2/c1-14(13-15-7-2-3-8-15)21(26(23,24)18-11-6-12-25-18)17-10-5-4-9-16(17)19(20)22/h4-6,9-12,14-15H,2-3,7-8,13H2,1H3,(H2,20,22)/t14-/m0/s1. The Kier molecular flexibility index (Phi) is 5.67. The maximum atomic E-state index is 13.4. The van der Waals surface area contributed by atoms with E-state index in [0.717, 1.165) is 19.3 Å². The number of primary amides is 1. The maximum Gasteiger partial charge on any atom is 0.274 e. The molecule has 1 aromatic carbocycles. The Labute approximate surface area is 158 Å². The number of nitrogens with zero attached hydrogens (tertiary/aromatic N) is 1. The lowest BCUT2D eigenvalue weighted by molar-refractivity contribution is 0.100. The van der Waals surface area contributed by atoms with Gasteiger partial charge in [-0.05, 0) is 42.8 Å². The van der Waals surface area contributed by atoms with Gasteiger partial charge in [-0.15, -0.1) is 11.3 Å². The van der Waals surface area contributed by atoms with E-state index in [1.54, 1.807) is 41.8 Å². The Morgan fingerprint density at radius 3 is 2.54 bits per heavy atom. The van der Waals surface area contributed by atoms with Gasteiger partial charge in [-0.3, -0.25) is 9.10 Å². The molecular weight excluding hydrogens is 368 g/mol. The Balaban J connectivity index is 2.06. The Bertz CT molecular complexity index is 857. The summed E-state index contributed by atoms with van der Waals surface area (Å²) in [5.41, 5.74) is 6.11. The molecule has 1 atom stereocenters. The number of sulfonamides is 1. The first kappa shape index (κ1) is 18.9. The van der Waals surface area contributed by atoms with Gasteiger partial charge >= 0.3 is 0 Å². The molecule has 0 unspecified atom stereocenters. The van der Waals surface area contributed by atoms with E-state index in [1.807, 2.05) is 6.92 Å². The number of carbonyl (C=O) groups is 1. The van der Waals surface area contributed by atoms with Crippen LogP contribution in [0.25, 0.3) is 0 Å². The molecule has 0 saturated heterocycles. The Morgan fingerprint density at radius 1 is 1.23 bits per heavy atom. The van der Waals surface area contributed by atoms with Crippen molar-refractivity contribution in [1.29, 1.82) is 0 Å². The van der Waals surface area contributed by atoms with Crippen molar-refractivity contribution >= 4 is 33.0 Å². The number of rotatable bonds is 7. The molecule has 140 valence electrons. The third-order valence-electron chi connectivity index (χ3n) is 4.96. The summed E-state index contributed by atoms with van der Waals surface area (Å²) in [5, 5.41) is 1.74. The number of carbonyl (C=O) groups excluding carboxylic acids is 1. The van der Waals surface area contributed by atoms with Crippen molar-refractivity contribution in [2.75, 3.05) is 4.31 Å². The first-order valence-corrected chi connectivity index (χ1v) is 11.2. The van der Waals surface area contributed by atoms with E-state index < -0.39 is 15.9 Å². The molecule has 7 heteroatoms. The number of anilines is 1. The molecule has 5 nitrogen and oxygen atoms in total. The molecular formula is C19H24N2O3S2. The number of thiophene rings is 1. The van der Waals surface area contributed by atoms with Gasteiger partial charge in [-0.1, -0.05) is 43.9 Å². The fourth-order valence-electron chi connectivity index (χ4n) is 3.81. The predicted octanol–water partition coefficient (Wildman–Crippen LogP) is 4.01. The molecule has 3 rings (SSSR count). The van der Waals surface area contributed by atoms with Crippen molar-refractivity contribution < 1.29 is 13.2 Å². The first-order chi connectivity index (χ1) is 12.4. The SMILES string of the molecule is C[C@@H](CC1CCCC1)N(c1ccccc1C(N)=O)S(=O)(=O)c1cccs1. The third-order valence-corrected chi connectivity index (χ3v) is 8.27. The second-order valence-corrected chi connectivity index (χ2v) is 9.84. The molecule has 0 radical (unpaired) electrons. The largest absolute Gasteiger partial charge is 0.366 e. The summed E-state index contributed by atoms with van der Waals surface area (Å²) in [7, 11) is -3.76. The van der Waals surface area contributed by atoms with Crippen LogP contribution < -0.4 is 10.0 Å². The minimum Gasteiger partial charge on any atom is -0.366 e. The number of hydrogen-bond acceptors (Lipinski definition) is 4. The van der Waals surface area contributed by atoms with Gasteiger partial charge in [0.05, 0.1) is 11.3 Å². The van der Waals surface area contributed by atoms with Crippen LogP contribution in [0.15, 0.2) is 46.0 Å². The second-order valence-electron chi connectivity index (χ2n) is 6.85. The molecule has 26 heavy (non-hydrogen) atoms. The zero-order valence-electron chi connectivity index (χ0n) is 14.8. The molecule has 0 spiro atoms. The van der Waals surface area contributed by atoms with Crippen LogP contribution in [0.1, 0.15) is 49.4 Å². The smallest absolute Gasteiger partial charge is 0.274 e. The fraction of sp³-hybridized carbons (Fsp3) is 0.421. The van der Waals surface area contributed by atoms with Crippen LogP contribution in [0, 0.1) is 5.92 Å². The highest BCUT2D eigenvalue weighted by Crippen LogP contribution is 2.35. The zero-order chi connectivity index (χ0) is 18.7. The highest BCUT2D eigenvalue weighted by molar-refractivity contribution is 7.94. The lowest BCUT2D eigenvalue weighted by Gasteiger charge is -2.32. The van der Waals surface area contributed by atoms with Gasteiger partial charge in [-0.2, -0.15) is 0 Å². The molecule has 2 aromatic rings. The van der Waals surface area contributed by atoms with Gasteiger partial charge in [0.2, 0.25) is 0 Å². The molecule has 0 bridgehead atoms. The van der Waals surface area contributed by atoms with Gasteiger partial charge < -0.3 is 5.73 Å². The minimum absolute atomic E-state index is 0.228. The second kappa shape index (κ2) is 7.80. The third kappa shape index (κ3) is 3.78. The van der Waals surface area contributed by atoms with Gasteiger partial charge in [0.25, 0.3) is 15.9 Å². The normalized spacial score (nSPS) is 16.5. The maximum absolute atomic E-state index is 13.4. The lowest BCUT2D eigenvalue weighted by atomic mass is 9.99. The molecule has 1 saturated carbocycles. The molecule has 1 aromatic heterocycles. The van der Waals surface area contributed by atoms with Crippen LogP contribution in [0.2, 0.25) is 0 Å². The van der Waals surface area contributed by atoms with Gasteiger partial charge in [0, 0.05) is 6.04 Å². The molecule has 1 heterocycles. The van der Waals surface area contributed by atoms with Crippen LogP contribution in [0.3, 0.4) is 0 Å². The molecule has 2 N–H and O–H groups in total. The minimum atomic E-state index is -3.76. The summed E-state index contributed by atoms with van der Waals surface area (Å²) < 4.78 is 28.4. The van der Waals surface area contributed by atoms with Crippen LogP contribution in [0.4, 0.5) is 5.69 Å². The van der Waals surface area contributed by atoms with Gasteiger partial charge in [-0.25, -0.2) is 8.42 Å². The molecule has 0 aliphatic heterocycles. The number of nitrogens with two attached hydrogens (primary N) is 1. The lowest BCUT2D eigenvalue weighted by Crippen LogP contribution is -2.40. The molecule has 1 aliphatic carbocycles. The monoisotopic (exact) mass is 392 g/mol. The van der Waals surface area contributed by atoms with Crippen molar-refractivity contribution in [3.05, 3.63) is 47.3 Å². The fourth-order valence-corrected chi connectivity index (χ4v) is 6.57. The Hall–Kier alpha value is -1.86. The van der Waals surface area contributed by atoms with Crippen LogP contribution in [-0.4, -0.2) is 20.4 Å².